The second kappa shape index (κ2) is 11.6. The van der Waals surface area contributed by atoms with Crippen LogP contribution in [0.15, 0.2) is 24.3 Å². The zero-order chi connectivity index (χ0) is 22.5. The van der Waals surface area contributed by atoms with Gasteiger partial charge in [-0.25, -0.2) is 4.39 Å². The van der Waals surface area contributed by atoms with E-state index in [-0.39, 0.29) is 11.7 Å². The molecule has 3 aliphatic rings. The Morgan fingerprint density at radius 2 is 1.47 bits per heavy atom. The first-order chi connectivity index (χ1) is 15.6. The van der Waals surface area contributed by atoms with E-state index >= 15 is 0 Å². The summed E-state index contributed by atoms with van der Waals surface area (Å²) in [5, 5.41) is 0. The van der Waals surface area contributed by atoms with Gasteiger partial charge in [-0.2, -0.15) is 4.39 Å². The van der Waals surface area contributed by atoms with Crippen molar-refractivity contribution in [3.8, 4) is 5.75 Å². The largest absolute Gasteiger partial charge is 0.491 e. The molecule has 32 heavy (non-hydrogen) atoms. The highest BCUT2D eigenvalue weighted by atomic mass is 32.2. The van der Waals surface area contributed by atoms with Crippen molar-refractivity contribution in [2.24, 2.45) is 23.7 Å². The van der Waals surface area contributed by atoms with E-state index in [9.17, 15) is 8.78 Å². The highest BCUT2D eigenvalue weighted by molar-refractivity contribution is 8.17. The fourth-order valence-electron chi connectivity index (χ4n) is 6.11. The van der Waals surface area contributed by atoms with Gasteiger partial charge in [0.25, 0.3) is 0 Å². The van der Waals surface area contributed by atoms with Crippen molar-refractivity contribution >= 4 is 23.5 Å². The Bertz CT molecular complexity index is 759. The molecule has 0 bridgehead atoms. The number of thioether (sulfide) groups is 2. The van der Waals surface area contributed by atoms with E-state index in [2.05, 4.69) is 42.6 Å². The van der Waals surface area contributed by atoms with Crippen LogP contribution in [-0.2, 0) is 0 Å². The summed E-state index contributed by atoms with van der Waals surface area (Å²) in [5.41, 5.74) is 0.552. The smallest absolute Gasteiger partial charge is 0.200 e. The molecule has 178 valence electrons. The first-order valence-corrected chi connectivity index (χ1v) is 14.7. The molecule has 1 nitrogen and oxygen atoms in total. The molecule has 2 aliphatic carbocycles. The summed E-state index contributed by atoms with van der Waals surface area (Å²) in [4.78, 5) is 0. The monoisotopic (exact) mass is 480 g/mol. The van der Waals surface area contributed by atoms with Gasteiger partial charge in [0.1, 0.15) is 0 Å². The lowest BCUT2D eigenvalue weighted by Gasteiger charge is -2.40. The summed E-state index contributed by atoms with van der Waals surface area (Å²) in [6.45, 7) is 4.26. The minimum atomic E-state index is -0.819. The topological polar surface area (TPSA) is 9.23 Å². The molecular weight excluding hydrogens is 442 g/mol. The maximum absolute atomic E-state index is 14.6. The van der Waals surface area contributed by atoms with Gasteiger partial charge in [0.2, 0.25) is 5.82 Å². The van der Waals surface area contributed by atoms with Crippen LogP contribution in [-0.4, -0.2) is 22.7 Å². The number of benzene rings is 1. The zero-order valence-corrected chi connectivity index (χ0v) is 21.2. The van der Waals surface area contributed by atoms with E-state index in [1.54, 1.807) is 19.1 Å². The van der Waals surface area contributed by atoms with Crippen LogP contribution in [0.4, 0.5) is 8.78 Å². The number of hydrogen-bond acceptors (Lipinski definition) is 3. The maximum Gasteiger partial charge on any atom is 0.200 e. The van der Waals surface area contributed by atoms with Crippen LogP contribution >= 0.6 is 23.5 Å². The normalized spacial score (nSPS) is 34.0. The number of allylic oxidation sites excluding steroid dienone is 2. The van der Waals surface area contributed by atoms with Crippen molar-refractivity contribution in [1.82, 2.24) is 0 Å². The highest BCUT2D eigenvalue weighted by Gasteiger charge is 2.36. The number of ether oxygens (including phenoxy) is 1. The quantitative estimate of drug-likeness (QED) is 0.378. The Hall–Kier alpha value is -0.680. The average molecular weight is 481 g/mol. The standard InChI is InChI=1S/C27H38F2OS2/c1-3-5-18-16-31-27(32-17-18)22-12-8-20(9-13-22)19-6-10-21(11-7-19)23-14-15-24(30-4-2)26(29)25(23)28/h3,5,14-15,18-22,27H,4,6-13,16-17H2,1-2H3/b5-3+. The SMILES string of the molecule is C/C=C/C1CSC(C2CCC(C3CCC(c4ccc(OCC)c(F)c4F)CC3)CC2)SC1. The molecule has 5 heteroatoms. The minimum absolute atomic E-state index is 0.0332. The Morgan fingerprint density at radius 3 is 2.06 bits per heavy atom. The highest BCUT2D eigenvalue weighted by Crippen LogP contribution is 2.49. The molecule has 1 saturated heterocycles. The molecule has 0 spiro atoms. The number of halogens is 2. The van der Waals surface area contributed by atoms with Crippen molar-refractivity contribution < 1.29 is 13.5 Å². The molecule has 1 aromatic carbocycles. The van der Waals surface area contributed by atoms with Crippen LogP contribution < -0.4 is 4.74 Å². The Kier molecular flexibility index (Phi) is 8.89. The van der Waals surface area contributed by atoms with E-state index < -0.39 is 11.6 Å². The molecule has 4 rings (SSSR count). The van der Waals surface area contributed by atoms with Gasteiger partial charge in [-0.3, -0.25) is 0 Å². The average Bonchev–Trinajstić information content (AvgIpc) is 2.83. The van der Waals surface area contributed by atoms with Gasteiger partial charge < -0.3 is 4.74 Å². The molecule has 0 unspecified atom stereocenters. The molecule has 1 aromatic rings. The minimum Gasteiger partial charge on any atom is -0.491 e. The molecule has 1 aliphatic heterocycles. The van der Waals surface area contributed by atoms with Crippen LogP contribution in [0.25, 0.3) is 0 Å². The van der Waals surface area contributed by atoms with Crippen LogP contribution in [0, 0.1) is 35.3 Å². The van der Waals surface area contributed by atoms with Crippen LogP contribution in [0.5, 0.6) is 5.75 Å². The van der Waals surface area contributed by atoms with E-state index in [0.29, 0.717) is 12.2 Å². The lowest BCUT2D eigenvalue weighted by molar-refractivity contribution is 0.163. The van der Waals surface area contributed by atoms with Crippen LogP contribution in [0.2, 0.25) is 0 Å². The van der Waals surface area contributed by atoms with Crippen molar-refractivity contribution in [1.29, 1.82) is 0 Å². The summed E-state index contributed by atoms with van der Waals surface area (Å²) in [5.74, 6) is 4.48. The summed E-state index contributed by atoms with van der Waals surface area (Å²) in [6.07, 6.45) is 14.3. The number of rotatable bonds is 6. The lowest BCUT2D eigenvalue weighted by atomic mass is 9.68. The van der Waals surface area contributed by atoms with E-state index in [1.807, 2.05) is 0 Å². The molecule has 3 fully saturated rings. The van der Waals surface area contributed by atoms with Crippen LogP contribution in [0.3, 0.4) is 0 Å². The predicted molar refractivity (Wildman–Crippen MR) is 135 cm³/mol. The number of hydrogen-bond donors (Lipinski definition) is 0. The van der Waals surface area contributed by atoms with Gasteiger partial charge in [0, 0.05) is 11.5 Å². The molecule has 0 atom stereocenters. The first-order valence-electron chi connectivity index (χ1n) is 12.6. The molecule has 1 heterocycles. The van der Waals surface area contributed by atoms with Crippen molar-refractivity contribution in [2.45, 2.75) is 75.7 Å². The molecule has 0 radical (unpaired) electrons. The fraction of sp³-hybridized carbons (Fsp3) is 0.704. The molecule has 0 aromatic heterocycles. The Balaban J connectivity index is 1.24. The van der Waals surface area contributed by atoms with Gasteiger partial charge in [-0.05, 0) is 106 Å². The van der Waals surface area contributed by atoms with E-state index in [0.717, 1.165) is 53.9 Å². The van der Waals surface area contributed by atoms with Gasteiger partial charge >= 0.3 is 0 Å². The molecule has 0 amide bonds. The Morgan fingerprint density at radius 1 is 0.875 bits per heavy atom. The van der Waals surface area contributed by atoms with E-state index in [1.165, 1.54) is 37.2 Å². The van der Waals surface area contributed by atoms with Crippen molar-refractivity contribution in [2.75, 3.05) is 18.1 Å². The van der Waals surface area contributed by atoms with E-state index in [4.69, 9.17) is 4.74 Å². The summed E-state index contributed by atoms with van der Waals surface area (Å²) in [6, 6.07) is 3.35. The second-order valence-corrected chi connectivity index (χ2v) is 12.5. The third-order valence-corrected chi connectivity index (χ3v) is 11.4. The Labute approximate surface area is 201 Å². The second-order valence-electron chi connectivity index (χ2n) is 9.82. The van der Waals surface area contributed by atoms with Gasteiger partial charge in [-0.15, -0.1) is 23.5 Å². The fourth-order valence-corrected chi connectivity index (χ4v) is 9.53. The summed E-state index contributed by atoms with van der Waals surface area (Å²) in [7, 11) is 0. The lowest BCUT2D eigenvalue weighted by Crippen LogP contribution is -2.30. The van der Waals surface area contributed by atoms with Gasteiger partial charge in [0.05, 0.1) is 11.2 Å². The molecule has 2 saturated carbocycles. The summed E-state index contributed by atoms with van der Waals surface area (Å²) >= 11 is 4.39. The zero-order valence-electron chi connectivity index (χ0n) is 19.5. The van der Waals surface area contributed by atoms with Crippen molar-refractivity contribution in [3.05, 3.63) is 41.5 Å². The first kappa shape index (κ1) is 24.4. The van der Waals surface area contributed by atoms with Crippen LogP contribution in [0.1, 0.15) is 76.7 Å². The summed E-state index contributed by atoms with van der Waals surface area (Å²) < 4.78 is 35.0. The third kappa shape index (κ3) is 5.68. The van der Waals surface area contributed by atoms with Crippen molar-refractivity contribution in [3.63, 3.8) is 0 Å². The molecular formula is C27H38F2OS2. The van der Waals surface area contributed by atoms with Gasteiger partial charge in [0.15, 0.2) is 11.6 Å². The third-order valence-electron chi connectivity index (χ3n) is 7.87. The van der Waals surface area contributed by atoms with Gasteiger partial charge in [-0.1, -0.05) is 18.2 Å². The predicted octanol–water partition coefficient (Wildman–Crippen LogP) is 8.44. The maximum atomic E-state index is 14.6. The molecule has 0 N–H and O–H groups in total.